The molecule has 4 rings (SSSR count). The van der Waals surface area contributed by atoms with Crippen molar-refractivity contribution in [1.29, 1.82) is 0 Å². The molecule has 0 bridgehead atoms. The van der Waals surface area contributed by atoms with Gasteiger partial charge in [-0.05, 0) is 39.9 Å². The second kappa shape index (κ2) is 9.37. The van der Waals surface area contributed by atoms with Crippen LogP contribution in [0.25, 0.3) is 10.8 Å². The minimum Gasteiger partial charge on any atom is -0.465 e. The van der Waals surface area contributed by atoms with Crippen molar-refractivity contribution >= 4 is 61.4 Å². The van der Waals surface area contributed by atoms with E-state index in [1.807, 2.05) is 49.4 Å². The fourth-order valence-electron chi connectivity index (χ4n) is 3.75. The number of hydrogen-bond acceptors (Lipinski definition) is 5. The Morgan fingerprint density at radius 3 is 2.77 bits per heavy atom. The number of amides is 1. The third-order valence-corrected chi connectivity index (χ3v) is 8.24. The summed E-state index contributed by atoms with van der Waals surface area (Å²) in [6.07, 6.45) is 0.803. The van der Waals surface area contributed by atoms with Crippen LogP contribution in [0, 0.1) is 0 Å². The lowest BCUT2D eigenvalue weighted by molar-refractivity contribution is 0.202. The normalized spacial score (nSPS) is 16.1. The minimum atomic E-state index is -0.956. The second-order valence-corrected chi connectivity index (χ2v) is 10.2. The molecule has 1 aliphatic heterocycles. The van der Waals surface area contributed by atoms with E-state index < -0.39 is 6.09 Å². The molecule has 1 aromatic heterocycles. The summed E-state index contributed by atoms with van der Waals surface area (Å²) < 4.78 is 0. The number of fused-ring (bicyclic) bond motifs is 3. The predicted molar refractivity (Wildman–Crippen MR) is 128 cm³/mol. The van der Waals surface area contributed by atoms with E-state index in [9.17, 15) is 9.90 Å². The van der Waals surface area contributed by atoms with Crippen LogP contribution in [-0.4, -0.2) is 40.4 Å². The van der Waals surface area contributed by atoms with E-state index in [4.69, 9.17) is 11.6 Å². The standard InChI is InChI=1S/C22H22ClN3O2S2/c1-14(29-30-20-8-4-5-9-24-20)13-26(22(27)28)19-10-18-21(15(11-23)12-25-18)17-7-3-2-6-16(17)19/h2-10,14-15,25H,11-13H2,1H3,(H,27,28)/t14?,15-/m1/s1. The van der Waals surface area contributed by atoms with Crippen LogP contribution in [0.3, 0.4) is 0 Å². The second-order valence-electron chi connectivity index (χ2n) is 7.19. The zero-order chi connectivity index (χ0) is 21.1. The van der Waals surface area contributed by atoms with Crippen molar-refractivity contribution in [2.24, 2.45) is 0 Å². The highest BCUT2D eigenvalue weighted by molar-refractivity contribution is 8.76. The Morgan fingerprint density at radius 1 is 1.30 bits per heavy atom. The van der Waals surface area contributed by atoms with Crippen LogP contribution in [0.4, 0.5) is 16.2 Å². The van der Waals surface area contributed by atoms with E-state index >= 15 is 0 Å². The van der Waals surface area contributed by atoms with Gasteiger partial charge in [-0.1, -0.05) is 48.0 Å². The summed E-state index contributed by atoms with van der Waals surface area (Å²) in [5, 5.41) is 16.4. The molecule has 0 radical (unpaired) electrons. The molecule has 3 aromatic rings. The Hall–Kier alpha value is -2.09. The first-order valence-corrected chi connectivity index (χ1v) is 12.4. The number of pyridine rings is 1. The maximum absolute atomic E-state index is 12.2. The number of carbonyl (C=O) groups is 1. The molecule has 1 amide bonds. The first-order chi connectivity index (χ1) is 14.6. The van der Waals surface area contributed by atoms with Gasteiger partial charge < -0.3 is 10.4 Å². The van der Waals surface area contributed by atoms with E-state index in [0.717, 1.165) is 28.0 Å². The summed E-state index contributed by atoms with van der Waals surface area (Å²) in [6, 6.07) is 15.7. The number of nitrogens with zero attached hydrogens (tertiary/aromatic N) is 2. The Balaban J connectivity index is 1.63. The third kappa shape index (κ3) is 4.33. The van der Waals surface area contributed by atoms with Gasteiger partial charge in [0.2, 0.25) is 0 Å². The molecule has 0 saturated carbocycles. The van der Waals surface area contributed by atoms with Gasteiger partial charge >= 0.3 is 6.09 Å². The topological polar surface area (TPSA) is 65.5 Å². The van der Waals surface area contributed by atoms with Crippen LogP contribution in [0.5, 0.6) is 0 Å². The molecule has 2 N–H and O–H groups in total. The van der Waals surface area contributed by atoms with Crippen LogP contribution < -0.4 is 10.2 Å². The molecule has 1 unspecified atom stereocenters. The van der Waals surface area contributed by atoms with Crippen LogP contribution in [0.15, 0.2) is 59.8 Å². The van der Waals surface area contributed by atoms with Crippen LogP contribution >= 0.6 is 33.2 Å². The van der Waals surface area contributed by atoms with Gasteiger partial charge in [-0.2, -0.15) is 0 Å². The van der Waals surface area contributed by atoms with E-state index in [1.54, 1.807) is 27.8 Å². The molecule has 2 aromatic carbocycles. The van der Waals surface area contributed by atoms with Crippen molar-refractivity contribution in [2.45, 2.75) is 23.1 Å². The number of anilines is 2. The molecule has 30 heavy (non-hydrogen) atoms. The maximum Gasteiger partial charge on any atom is 0.411 e. The van der Waals surface area contributed by atoms with E-state index in [2.05, 4.69) is 16.4 Å². The molecule has 0 fully saturated rings. The maximum atomic E-state index is 12.2. The average molecular weight is 460 g/mol. The van der Waals surface area contributed by atoms with Crippen molar-refractivity contribution in [2.75, 3.05) is 29.2 Å². The molecule has 8 heteroatoms. The van der Waals surface area contributed by atoms with Crippen molar-refractivity contribution in [3.8, 4) is 0 Å². The van der Waals surface area contributed by atoms with Crippen molar-refractivity contribution < 1.29 is 9.90 Å². The summed E-state index contributed by atoms with van der Waals surface area (Å²) in [4.78, 5) is 18.0. The Bertz CT molecular complexity index is 1050. The van der Waals surface area contributed by atoms with Crippen molar-refractivity contribution in [1.82, 2.24) is 4.98 Å². The zero-order valence-corrected chi connectivity index (χ0v) is 18.8. The number of carboxylic acid groups (broad SMARTS) is 1. The molecule has 1 aliphatic rings. The van der Waals surface area contributed by atoms with E-state index in [0.29, 0.717) is 18.1 Å². The highest BCUT2D eigenvalue weighted by Gasteiger charge is 2.28. The summed E-state index contributed by atoms with van der Waals surface area (Å²) in [7, 11) is 3.18. The van der Waals surface area contributed by atoms with Crippen LogP contribution in [0.1, 0.15) is 18.4 Å². The molecular formula is C22H22ClN3O2S2. The highest BCUT2D eigenvalue weighted by Crippen LogP contribution is 2.43. The number of halogens is 1. The summed E-state index contributed by atoms with van der Waals surface area (Å²) in [5.74, 6) is 0.757. The fraction of sp³-hybridized carbons (Fsp3) is 0.273. The van der Waals surface area contributed by atoms with Gasteiger partial charge in [0.15, 0.2) is 0 Å². The molecule has 156 valence electrons. The molecular weight excluding hydrogens is 438 g/mol. The SMILES string of the molecule is CC(CN(C(=O)O)c1cc2c(c3ccccc13)[C@H](CCl)CN2)SSc1ccccn1. The predicted octanol–water partition coefficient (Wildman–Crippen LogP) is 6.30. The van der Waals surface area contributed by atoms with E-state index in [-0.39, 0.29) is 11.2 Å². The monoisotopic (exact) mass is 459 g/mol. The van der Waals surface area contributed by atoms with Gasteiger partial charge in [0.25, 0.3) is 0 Å². The third-order valence-electron chi connectivity index (χ3n) is 5.09. The van der Waals surface area contributed by atoms with Gasteiger partial charge in [0.05, 0.1) is 5.69 Å². The zero-order valence-electron chi connectivity index (χ0n) is 16.4. The number of benzene rings is 2. The molecule has 0 spiro atoms. The van der Waals surface area contributed by atoms with Crippen LogP contribution in [0.2, 0.25) is 0 Å². The fourth-order valence-corrected chi connectivity index (χ4v) is 5.99. The van der Waals surface area contributed by atoms with E-state index in [1.165, 1.54) is 10.5 Å². The highest BCUT2D eigenvalue weighted by atomic mass is 35.5. The largest absolute Gasteiger partial charge is 0.465 e. The minimum absolute atomic E-state index is 0.0728. The smallest absolute Gasteiger partial charge is 0.411 e. The first kappa shape index (κ1) is 21.2. The number of aromatic nitrogens is 1. The Kier molecular flexibility index (Phi) is 6.61. The van der Waals surface area contributed by atoms with Gasteiger partial charge in [0, 0.05) is 47.4 Å². The molecule has 5 nitrogen and oxygen atoms in total. The molecule has 2 atom stereocenters. The van der Waals surface area contributed by atoms with Gasteiger partial charge in [-0.3, -0.25) is 4.90 Å². The molecule has 2 heterocycles. The Morgan fingerprint density at radius 2 is 2.07 bits per heavy atom. The average Bonchev–Trinajstić information content (AvgIpc) is 3.19. The summed E-state index contributed by atoms with van der Waals surface area (Å²) >= 11 is 6.19. The van der Waals surface area contributed by atoms with Crippen molar-refractivity contribution in [3.05, 3.63) is 60.3 Å². The lowest BCUT2D eigenvalue weighted by atomic mass is 9.94. The summed E-state index contributed by atoms with van der Waals surface area (Å²) in [6.45, 7) is 3.18. The number of nitrogens with one attached hydrogen (secondary N) is 1. The van der Waals surface area contributed by atoms with Gasteiger partial charge in [0.1, 0.15) is 5.03 Å². The van der Waals surface area contributed by atoms with Crippen molar-refractivity contribution in [3.63, 3.8) is 0 Å². The molecule has 0 saturated heterocycles. The van der Waals surface area contributed by atoms with Gasteiger partial charge in [-0.25, -0.2) is 9.78 Å². The molecule has 0 aliphatic carbocycles. The lowest BCUT2D eigenvalue weighted by Crippen LogP contribution is -2.34. The summed E-state index contributed by atoms with van der Waals surface area (Å²) in [5.41, 5.74) is 2.86. The lowest BCUT2D eigenvalue weighted by Gasteiger charge is -2.25. The number of hydrogen-bond donors (Lipinski definition) is 2. The first-order valence-electron chi connectivity index (χ1n) is 9.68. The van der Waals surface area contributed by atoms with Gasteiger partial charge in [-0.15, -0.1) is 11.6 Å². The number of alkyl halides is 1. The number of rotatable bonds is 7. The van der Waals surface area contributed by atoms with Crippen LogP contribution in [-0.2, 0) is 0 Å². The Labute approximate surface area is 188 Å². The quantitative estimate of drug-likeness (QED) is 0.319.